The van der Waals surface area contributed by atoms with Crippen LogP contribution in [-0.2, 0) is 5.41 Å². The average Bonchev–Trinajstić information content (AvgIpc) is 3.60. The molecule has 10 rings (SSSR count). The molecule has 6 aromatic carbocycles. The summed E-state index contributed by atoms with van der Waals surface area (Å²) in [4.78, 5) is 15.4. The normalized spacial score (nSPS) is 20.6. The van der Waals surface area contributed by atoms with E-state index < -0.39 is 0 Å². The van der Waals surface area contributed by atoms with E-state index in [1.807, 2.05) is 42.5 Å². The van der Waals surface area contributed by atoms with E-state index in [0.29, 0.717) is 28.5 Å². The van der Waals surface area contributed by atoms with Gasteiger partial charge in [0.2, 0.25) is 0 Å². The molecule has 5 heteroatoms. The summed E-state index contributed by atoms with van der Waals surface area (Å²) in [5.74, 6) is 4.29. The first-order chi connectivity index (χ1) is 27.4. The molecule has 2 saturated carbocycles. The number of rotatable bonds is 6. The third-order valence-electron chi connectivity index (χ3n) is 12.3. The molecule has 272 valence electrons. The van der Waals surface area contributed by atoms with E-state index in [9.17, 15) is 5.26 Å². The monoisotopic (exact) mass is 726 g/mol. The summed E-state index contributed by atoms with van der Waals surface area (Å²) < 4.78 is 6.23. The minimum absolute atomic E-state index is 0.292. The van der Waals surface area contributed by atoms with Gasteiger partial charge in [-0.05, 0) is 119 Å². The van der Waals surface area contributed by atoms with Crippen LogP contribution < -0.4 is 0 Å². The lowest BCUT2D eigenvalue weighted by molar-refractivity contribution is 0.0780. The van der Waals surface area contributed by atoms with Crippen LogP contribution in [-0.4, -0.2) is 15.0 Å². The molecule has 2 aliphatic carbocycles. The highest BCUT2D eigenvalue weighted by Crippen LogP contribution is 2.54. The smallest absolute Gasteiger partial charge is 0.164 e. The number of fused-ring (bicyclic) bond motifs is 5. The standard InChI is InChI=1S/C51H42N4O/c1-32-23-35-24-33(2)29-51(28-32,30-35)41-19-16-36(17-20-41)42-13-6-7-14-44(42)50-54-48(37-9-4-3-5-10-37)53-49(55-50)40-12-8-11-38(26-40)39-18-21-43-45-25-34(31-52)15-22-46(45)56-47(43)27-39/h3-22,25-27,32-33,35H,23-24,28-30H2,1-2H3/t32-,33+,35?,51?. The average molecular weight is 727 g/mol. The van der Waals surface area contributed by atoms with Crippen LogP contribution in [0.1, 0.15) is 57.1 Å². The maximum atomic E-state index is 9.44. The summed E-state index contributed by atoms with van der Waals surface area (Å²) in [5.41, 5.74) is 11.1. The van der Waals surface area contributed by atoms with Crippen molar-refractivity contribution in [1.29, 1.82) is 5.26 Å². The SMILES string of the molecule is C[C@@H]1CC2C[C@H](C)CC(c3ccc(-c4ccccc4-c4nc(-c5ccccc5)nc(-c5cccc(-c6ccc7c(c6)oc6ccc(C#N)cc67)c5)n4)cc3)(C2)C1. The fourth-order valence-corrected chi connectivity index (χ4v) is 10.2. The first-order valence-corrected chi connectivity index (χ1v) is 19.9. The highest BCUT2D eigenvalue weighted by Gasteiger charge is 2.45. The molecule has 2 bridgehead atoms. The Labute approximate surface area is 327 Å². The molecule has 56 heavy (non-hydrogen) atoms. The van der Waals surface area contributed by atoms with Gasteiger partial charge in [-0.3, -0.25) is 0 Å². The van der Waals surface area contributed by atoms with E-state index >= 15 is 0 Å². The van der Waals surface area contributed by atoms with E-state index in [1.165, 1.54) is 43.2 Å². The third kappa shape index (κ3) is 6.16. The molecular weight excluding hydrogens is 685 g/mol. The van der Waals surface area contributed by atoms with E-state index in [1.54, 1.807) is 6.07 Å². The summed E-state index contributed by atoms with van der Waals surface area (Å²) in [6, 6.07) is 50.5. The number of hydrogen-bond acceptors (Lipinski definition) is 5. The second kappa shape index (κ2) is 13.7. The Kier molecular flexibility index (Phi) is 8.37. The van der Waals surface area contributed by atoms with Gasteiger partial charge in [-0.2, -0.15) is 5.26 Å². The summed E-state index contributed by atoms with van der Waals surface area (Å²) in [5, 5.41) is 11.4. The Balaban J connectivity index is 1.04. The van der Waals surface area contributed by atoms with Gasteiger partial charge in [-0.1, -0.05) is 117 Å². The van der Waals surface area contributed by atoms with Crippen LogP contribution in [0.15, 0.2) is 144 Å². The van der Waals surface area contributed by atoms with Crippen LogP contribution in [0.5, 0.6) is 0 Å². The molecule has 0 radical (unpaired) electrons. The molecular formula is C51H42N4O. The number of benzene rings is 6. The topological polar surface area (TPSA) is 75.6 Å². The van der Waals surface area contributed by atoms with Crippen molar-refractivity contribution in [3.63, 3.8) is 0 Å². The Morgan fingerprint density at radius 3 is 1.95 bits per heavy atom. The van der Waals surface area contributed by atoms with Gasteiger partial charge in [0.05, 0.1) is 11.6 Å². The highest BCUT2D eigenvalue weighted by molar-refractivity contribution is 6.06. The Morgan fingerprint density at radius 1 is 0.536 bits per heavy atom. The third-order valence-corrected chi connectivity index (χ3v) is 12.3. The second-order valence-corrected chi connectivity index (χ2v) is 16.5. The van der Waals surface area contributed by atoms with Crippen LogP contribution >= 0.6 is 0 Å². The highest BCUT2D eigenvalue weighted by atomic mass is 16.3. The quantitative estimate of drug-likeness (QED) is 0.170. The van der Waals surface area contributed by atoms with Gasteiger partial charge in [-0.25, -0.2) is 15.0 Å². The number of nitrogens with zero attached hydrogens (tertiary/aromatic N) is 4. The minimum atomic E-state index is 0.292. The molecule has 2 fully saturated rings. The fourth-order valence-electron chi connectivity index (χ4n) is 10.2. The maximum Gasteiger partial charge on any atom is 0.164 e. The van der Waals surface area contributed by atoms with Crippen LogP contribution in [0.25, 0.3) is 78.4 Å². The maximum absolute atomic E-state index is 9.44. The second-order valence-electron chi connectivity index (χ2n) is 16.5. The molecule has 0 spiro atoms. The number of nitriles is 1. The van der Waals surface area contributed by atoms with Gasteiger partial charge in [0, 0.05) is 27.5 Å². The zero-order valence-corrected chi connectivity index (χ0v) is 31.7. The zero-order chi connectivity index (χ0) is 37.8. The zero-order valence-electron chi connectivity index (χ0n) is 31.7. The molecule has 0 aliphatic heterocycles. The minimum Gasteiger partial charge on any atom is -0.456 e. The molecule has 0 saturated heterocycles. The predicted octanol–water partition coefficient (Wildman–Crippen LogP) is 13.1. The molecule has 2 aliphatic rings. The Morgan fingerprint density at radius 2 is 1.18 bits per heavy atom. The van der Waals surface area contributed by atoms with Crippen LogP contribution in [0.3, 0.4) is 0 Å². The lowest BCUT2D eigenvalue weighted by atomic mass is 9.54. The number of hydrogen-bond donors (Lipinski definition) is 0. The van der Waals surface area contributed by atoms with Crippen molar-refractivity contribution in [3.8, 4) is 62.5 Å². The van der Waals surface area contributed by atoms with Gasteiger partial charge in [0.1, 0.15) is 11.2 Å². The van der Waals surface area contributed by atoms with Crippen molar-refractivity contribution >= 4 is 21.9 Å². The van der Waals surface area contributed by atoms with Crippen molar-refractivity contribution in [2.24, 2.45) is 17.8 Å². The van der Waals surface area contributed by atoms with Crippen molar-refractivity contribution in [2.75, 3.05) is 0 Å². The van der Waals surface area contributed by atoms with E-state index in [-0.39, 0.29) is 0 Å². The molecule has 2 heterocycles. The van der Waals surface area contributed by atoms with Gasteiger partial charge < -0.3 is 4.42 Å². The van der Waals surface area contributed by atoms with Crippen molar-refractivity contribution in [3.05, 3.63) is 151 Å². The van der Waals surface area contributed by atoms with Gasteiger partial charge >= 0.3 is 0 Å². The summed E-state index contributed by atoms with van der Waals surface area (Å²) in [7, 11) is 0. The lowest BCUT2D eigenvalue weighted by Gasteiger charge is -2.50. The van der Waals surface area contributed by atoms with Gasteiger partial charge in [0.25, 0.3) is 0 Å². The number of aromatic nitrogens is 3. The molecule has 4 atom stereocenters. The van der Waals surface area contributed by atoms with E-state index in [4.69, 9.17) is 19.4 Å². The van der Waals surface area contributed by atoms with Crippen molar-refractivity contribution in [1.82, 2.24) is 15.0 Å². The Bertz CT molecular complexity index is 2780. The molecule has 5 nitrogen and oxygen atoms in total. The Hall–Kier alpha value is -6.38. The largest absolute Gasteiger partial charge is 0.456 e. The van der Waals surface area contributed by atoms with E-state index in [2.05, 4.69) is 111 Å². The summed E-state index contributed by atoms with van der Waals surface area (Å²) >= 11 is 0. The molecule has 0 amide bonds. The molecule has 2 aromatic heterocycles. The number of furan rings is 1. The van der Waals surface area contributed by atoms with Crippen LogP contribution in [0.2, 0.25) is 0 Å². The van der Waals surface area contributed by atoms with Gasteiger partial charge in [0.15, 0.2) is 17.5 Å². The molecule has 8 aromatic rings. The summed E-state index contributed by atoms with van der Waals surface area (Å²) in [6.45, 7) is 4.91. The van der Waals surface area contributed by atoms with Crippen LogP contribution in [0.4, 0.5) is 0 Å². The lowest BCUT2D eigenvalue weighted by Crippen LogP contribution is -2.42. The first-order valence-electron chi connectivity index (χ1n) is 19.9. The van der Waals surface area contributed by atoms with Crippen LogP contribution in [0, 0.1) is 29.1 Å². The van der Waals surface area contributed by atoms with Gasteiger partial charge in [-0.15, -0.1) is 0 Å². The fraction of sp³-hybridized carbons (Fsp3) is 0.216. The molecule has 2 unspecified atom stereocenters. The van der Waals surface area contributed by atoms with Crippen molar-refractivity contribution < 1.29 is 4.42 Å². The summed E-state index contributed by atoms with van der Waals surface area (Å²) in [6.07, 6.45) is 6.67. The molecule has 0 N–H and O–H groups in total. The first kappa shape index (κ1) is 34.1. The van der Waals surface area contributed by atoms with E-state index in [0.717, 1.165) is 73.1 Å². The van der Waals surface area contributed by atoms with Crippen molar-refractivity contribution in [2.45, 2.75) is 51.4 Å². The predicted molar refractivity (Wildman–Crippen MR) is 226 cm³/mol.